The van der Waals surface area contributed by atoms with E-state index in [4.69, 9.17) is 16.3 Å². The minimum atomic E-state index is -3.33. The molecule has 138 valence electrons. The number of nitrogens with one attached hydrogen (secondary N) is 1. The summed E-state index contributed by atoms with van der Waals surface area (Å²) in [5, 5.41) is 3.30. The van der Waals surface area contributed by atoms with E-state index in [-0.39, 0.29) is 10.5 Å². The number of ether oxygens (including phenoxy) is 1. The van der Waals surface area contributed by atoms with Crippen molar-refractivity contribution in [3.05, 3.63) is 64.7 Å². The Morgan fingerprint density at radius 3 is 2.23 bits per heavy atom. The molecule has 0 radical (unpaired) electrons. The minimum Gasteiger partial charge on any atom is -0.452 e. The molecule has 0 aliphatic heterocycles. The Morgan fingerprint density at radius 2 is 1.65 bits per heavy atom. The maximum atomic E-state index is 11.9. The first-order chi connectivity index (χ1) is 12.3. The van der Waals surface area contributed by atoms with Crippen molar-refractivity contribution < 1.29 is 22.7 Å². The Hall–Kier alpha value is -2.38. The molecule has 2 aromatic rings. The molecule has 0 saturated heterocycles. The number of carbonyl (C=O) groups excluding carboxylic acids is 2. The van der Waals surface area contributed by atoms with Crippen molar-refractivity contribution in [2.75, 3.05) is 19.4 Å². The zero-order chi connectivity index (χ0) is 19.2. The van der Waals surface area contributed by atoms with Crippen molar-refractivity contribution in [2.24, 2.45) is 0 Å². The molecule has 2 aromatic carbocycles. The minimum absolute atomic E-state index is 0.106. The van der Waals surface area contributed by atoms with Crippen LogP contribution in [-0.2, 0) is 25.8 Å². The summed E-state index contributed by atoms with van der Waals surface area (Å²) in [5.41, 5.74) is 1.20. The van der Waals surface area contributed by atoms with E-state index >= 15 is 0 Å². The molecule has 0 unspecified atom stereocenters. The maximum absolute atomic E-state index is 11.9. The Balaban J connectivity index is 1.76. The topological polar surface area (TPSA) is 89.5 Å². The van der Waals surface area contributed by atoms with Crippen LogP contribution in [0.25, 0.3) is 0 Å². The Bertz CT molecular complexity index is 877. The number of halogens is 1. The number of esters is 1. The number of amides is 1. The predicted molar refractivity (Wildman–Crippen MR) is 98.0 cm³/mol. The van der Waals surface area contributed by atoms with Crippen LogP contribution in [0.1, 0.15) is 15.9 Å². The summed E-state index contributed by atoms with van der Waals surface area (Å²) in [6.07, 6.45) is 1.71. The van der Waals surface area contributed by atoms with Gasteiger partial charge in [-0.1, -0.05) is 23.7 Å². The molecule has 8 heteroatoms. The van der Waals surface area contributed by atoms with E-state index in [0.29, 0.717) is 18.0 Å². The second-order valence-electron chi connectivity index (χ2n) is 5.60. The monoisotopic (exact) mass is 395 g/mol. The third-order valence-corrected chi connectivity index (χ3v) is 4.88. The van der Waals surface area contributed by atoms with Crippen LogP contribution in [0.2, 0.25) is 5.02 Å². The van der Waals surface area contributed by atoms with Gasteiger partial charge in [0.2, 0.25) is 0 Å². The lowest BCUT2D eigenvalue weighted by molar-refractivity contribution is -0.124. The van der Waals surface area contributed by atoms with E-state index in [1.165, 1.54) is 24.3 Å². The van der Waals surface area contributed by atoms with Crippen LogP contribution >= 0.6 is 11.6 Å². The highest BCUT2D eigenvalue weighted by Crippen LogP contribution is 2.11. The van der Waals surface area contributed by atoms with Crippen molar-refractivity contribution in [3.63, 3.8) is 0 Å². The van der Waals surface area contributed by atoms with E-state index in [1.807, 2.05) is 12.1 Å². The molecule has 0 fully saturated rings. The van der Waals surface area contributed by atoms with Crippen molar-refractivity contribution in [1.82, 2.24) is 5.32 Å². The second kappa shape index (κ2) is 8.82. The summed E-state index contributed by atoms with van der Waals surface area (Å²) < 4.78 is 27.7. The molecule has 1 N–H and O–H groups in total. The van der Waals surface area contributed by atoms with Gasteiger partial charge >= 0.3 is 5.97 Å². The Kier molecular flexibility index (Phi) is 6.76. The lowest BCUT2D eigenvalue weighted by Gasteiger charge is -2.07. The summed E-state index contributed by atoms with van der Waals surface area (Å²) in [7, 11) is -3.33. The third kappa shape index (κ3) is 6.16. The Labute approximate surface area is 157 Å². The number of sulfone groups is 1. The van der Waals surface area contributed by atoms with Crippen molar-refractivity contribution in [3.8, 4) is 0 Å². The van der Waals surface area contributed by atoms with Gasteiger partial charge in [0, 0.05) is 17.8 Å². The zero-order valence-electron chi connectivity index (χ0n) is 14.1. The van der Waals surface area contributed by atoms with Gasteiger partial charge in [0.1, 0.15) is 0 Å². The van der Waals surface area contributed by atoms with E-state index in [9.17, 15) is 18.0 Å². The first-order valence-electron chi connectivity index (χ1n) is 7.74. The molecule has 6 nitrogen and oxygen atoms in total. The van der Waals surface area contributed by atoms with Crippen molar-refractivity contribution >= 4 is 33.3 Å². The molecule has 26 heavy (non-hydrogen) atoms. The molecular formula is C18H18ClNO5S. The molecule has 0 aromatic heterocycles. The summed E-state index contributed by atoms with van der Waals surface area (Å²) in [5.74, 6) is -1.11. The molecule has 0 atom stereocenters. The summed E-state index contributed by atoms with van der Waals surface area (Å²) in [6.45, 7) is -0.00560. The fourth-order valence-corrected chi connectivity index (χ4v) is 2.86. The van der Waals surface area contributed by atoms with Gasteiger partial charge in [-0.05, 0) is 48.4 Å². The molecule has 0 bridgehead atoms. The maximum Gasteiger partial charge on any atom is 0.338 e. The van der Waals surface area contributed by atoms with E-state index in [0.717, 1.165) is 11.8 Å². The summed E-state index contributed by atoms with van der Waals surface area (Å²) in [6, 6.07) is 12.6. The van der Waals surface area contributed by atoms with Crippen molar-refractivity contribution in [2.45, 2.75) is 11.3 Å². The second-order valence-corrected chi connectivity index (χ2v) is 8.05. The molecule has 2 rings (SSSR count). The van der Waals surface area contributed by atoms with Crippen LogP contribution in [0.15, 0.2) is 53.4 Å². The van der Waals surface area contributed by atoms with E-state index < -0.39 is 28.3 Å². The van der Waals surface area contributed by atoms with Crippen LogP contribution in [0.4, 0.5) is 0 Å². The number of carbonyl (C=O) groups is 2. The normalized spacial score (nSPS) is 11.0. The lowest BCUT2D eigenvalue weighted by atomic mass is 10.1. The van der Waals surface area contributed by atoms with E-state index in [2.05, 4.69) is 5.32 Å². The van der Waals surface area contributed by atoms with Crippen molar-refractivity contribution in [1.29, 1.82) is 0 Å². The van der Waals surface area contributed by atoms with Gasteiger partial charge in [0.25, 0.3) is 5.91 Å². The smallest absolute Gasteiger partial charge is 0.338 e. The molecular weight excluding hydrogens is 378 g/mol. The number of hydrogen-bond acceptors (Lipinski definition) is 5. The molecule has 0 aliphatic carbocycles. The summed E-state index contributed by atoms with van der Waals surface area (Å²) >= 11 is 5.80. The van der Waals surface area contributed by atoms with Gasteiger partial charge in [0.05, 0.1) is 10.5 Å². The quantitative estimate of drug-likeness (QED) is 0.726. The van der Waals surface area contributed by atoms with Gasteiger partial charge in [0.15, 0.2) is 16.4 Å². The molecule has 0 saturated carbocycles. The molecule has 0 spiro atoms. The number of rotatable bonds is 7. The highest BCUT2D eigenvalue weighted by atomic mass is 35.5. The van der Waals surface area contributed by atoms with Crippen LogP contribution < -0.4 is 5.32 Å². The number of benzene rings is 2. The average molecular weight is 396 g/mol. The van der Waals surface area contributed by atoms with Gasteiger partial charge in [-0.2, -0.15) is 0 Å². The SMILES string of the molecule is CS(=O)(=O)c1ccc(C(=O)OCC(=O)NCCc2ccc(Cl)cc2)cc1. The van der Waals surface area contributed by atoms with E-state index in [1.54, 1.807) is 12.1 Å². The fraction of sp³-hybridized carbons (Fsp3) is 0.222. The predicted octanol–water partition coefficient (Wildman–Crippen LogP) is 2.26. The average Bonchev–Trinajstić information content (AvgIpc) is 2.61. The standard InChI is InChI=1S/C18H18ClNO5S/c1-26(23,24)16-8-4-14(5-9-16)18(22)25-12-17(21)20-11-10-13-2-6-15(19)7-3-13/h2-9H,10-12H2,1H3,(H,20,21). The van der Waals surface area contributed by atoms with Crippen LogP contribution in [0.5, 0.6) is 0 Å². The third-order valence-electron chi connectivity index (χ3n) is 3.50. The molecule has 0 aliphatic rings. The van der Waals surface area contributed by atoms with Crippen LogP contribution in [0, 0.1) is 0 Å². The fourth-order valence-electron chi connectivity index (χ4n) is 2.10. The first kappa shape index (κ1) is 19.9. The lowest BCUT2D eigenvalue weighted by Crippen LogP contribution is -2.30. The van der Waals surface area contributed by atoms with Gasteiger partial charge < -0.3 is 10.1 Å². The molecule has 0 heterocycles. The Morgan fingerprint density at radius 1 is 1.04 bits per heavy atom. The van der Waals surface area contributed by atoms with Gasteiger partial charge in [-0.3, -0.25) is 4.79 Å². The van der Waals surface area contributed by atoms with Gasteiger partial charge in [-0.25, -0.2) is 13.2 Å². The van der Waals surface area contributed by atoms with Gasteiger partial charge in [-0.15, -0.1) is 0 Å². The number of hydrogen-bond donors (Lipinski definition) is 1. The molecule has 1 amide bonds. The zero-order valence-corrected chi connectivity index (χ0v) is 15.6. The largest absolute Gasteiger partial charge is 0.452 e. The highest BCUT2D eigenvalue weighted by Gasteiger charge is 2.12. The highest BCUT2D eigenvalue weighted by molar-refractivity contribution is 7.90. The van der Waals surface area contributed by atoms with Crippen LogP contribution in [0.3, 0.4) is 0 Å². The first-order valence-corrected chi connectivity index (χ1v) is 10.0. The van der Waals surface area contributed by atoms with Crippen LogP contribution in [-0.4, -0.2) is 39.7 Å². The summed E-state index contributed by atoms with van der Waals surface area (Å²) in [4.78, 5) is 23.7.